The van der Waals surface area contributed by atoms with Gasteiger partial charge in [0.15, 0.2) is 0 Å². The van der Waals surface area contributed by atoms with Crippen LogP contribution in [-0.2, 0) is 4.79 Å². The maximum absolute atomic E-state index is 11.0. The van der Waals surface area contributed by atoms with Crippen molar-refractivity contribution in [2.75, 3.05) is 13.6 Å². The molecule has 0 aromatic heterocycles. The highest BCUT2D eigenvalue weighted by molar-refractivity contribution is 5.75. The second-order valence-corrected chi connectivity index (χ2v) is 4.62. The first-order valence-electron chi connectivity index (χ1n) is 5.67. The van der Waals surface area contributed by atoms with Crippen molar-refractivity contribution in [3.8, 4) is 0 Å². The highest BCUT2D eigenvalue weighted by Crippen LogP contribution is 2.07. The number of carbonyl (C=O) groups excluding carboxylic acids is 1. The van der Waals surface area contributed by atoms with Gasteiger partial charge in [-0.3, -0.25) is 10.2 Å². The van der Waals surface area contributed by atoms with Crippen molar-refractivity contribution in [2.45, 2.75) is 46.1 Å². The van der Waals surface area contributed by atoms with E-state index in [0.717, 1.165) is 18.9 Å². The molecule has 0 heterocycles. The van der Waals surface area contributed by atoms with Crippen LogP contribution in [0.1, 0.15) is 40.0 Å². The van der Waals surface area contributed by atoms with Crippen molar-refractivity contribution in [1.29, 1.82) is 0 Å². The molecule has 15 heavy (non-hydrogen) atoms. The van der Waals surface area contributed by atoms with E-state index >= 15 is 0 Å². The minimum Gasteiger partial charge on any atom is -0.304 e. The zero-order valence-electron chi connectivity index (χ0n) is 10.4. The Morgan fingerprint density at radius 1 is 1.33 bits per heavy atom. The standard InChI is InChI=1S/C11H25N3O/c1-9(2)7-8-14(4)10(3)5-6-11(15)13-12/h9-10H,5-8,12H2,1-4H3,(H,13,15). The van der Waals surface area contributed by atoms with E-state index in [1.807, 2.05) is 0 Å². The van der Waals surface area contributed by atoms with Gasteiger partial charge in [-0.2, -0.15) is 0 Å². The van der Waals surface area contributed by atoms with Crippen LogP contribution in [0.2, 0.25) is 0 Å². The second kappa shape index (κ2) is 7.65. The van der Waals surface area contributed by atoms with Crippen LogP contribution in [-0.4, -0.2) is 30.4 Å². The number of hydrogen-bond donors (Lipinski definition) is 2. The zero-order chi connectivity index (χ0) is 11.8. The lowest BCUT2D eigenvalue weighted by Gasteiger charge is -2.25. The third kappa shape index (κ3) is 7.33. The Bertz CT molecular complexity index is 183. The fraction of sp³-hybridized carbons (Fsp3) is 0.909. The Hall–Kier alpha value is -0.610. The van der Waals surface area contributed by atoms with Crippen molar-refractivity contribution in [1.82, 2.24) is 10.3 Å². The number of carbonyl (C=O) groups is 1. The van der Waals surface area contributed by atoms with E-state index in [2.05, 4.69) is 38.1 Å². The topological polar surface area (TPSA) is 58.4 Å². The Labute approximate surface area is 93.2 Å². The first-order valence-corrected chi connectivity index (χ1v) is 5.67. The molecule has 4 heteroatoms. The number of amides is 1. The lowest BCUT2D eigenvalue weighted by Crippen LogP contribution is -2.34. The van der Waals surface area contributed by atoms with Crippen molar-refractivity contribution in [3.63, 3.8) is 0 Å². The molecule has 0 aliphatic rings. The van der Waals surface area contributed by atoms with E-state index in [9.17, 15) is 4.79 Å². The molecule has 0 aliphatic carbocycles. The van der Waals surface area contributed by atoms with Crippen molar-refractivity contribution >= 4 is 5.91 Å². The average molecular weight is 215 g/mol. The summed E-state index contributed by atoms with van der Waals surface area (Å²) in [4.78, 5) is 13.2. The van der Waals surface area contributed by atoms with Gasteiger partial charge < -0.3 is 4.90 Å². The molecule has 0 fully saturated rings. The van der Waals surface area contributed by atoms with Gasteiger partial charge in [0.2, 0.25) is 5.91 Å². The number of nitrogens with two attached hydrogens (primary N) is 1. The molecule has 3 N–H and O–H groups in total. The van der Waals surface area contributed by atoms with Gasteiger partial charge in [-0.15, -0.1) is 0 Å². The van der Waals surface area contributed by atoms with E-state index in [-0.39, 0.29) is 5.91 Å². The molecule has 1 unspecified atom stereocenters. The summed E-state index contributed by atoms with van der Waals surface area (Å²) in [6.07, 6.45) is 2.56. The largest absolute Gasteiger partial charge is 0.304 e. The monoisotopic (exact) mass is 215 g/mol. The number of rotatable bonds is 7. The quantitative estimate of drug-likeness (QED) is 0.380. The third-order valence-electron chi connectivity index (χ3n) is 2.76. The molecule has 0 saturated carbocycles. The van der Waals surface area contributed by atoms with Crippen LogP contribution in [0.15, 0.2) is 0 Å². The third-order valence-corrected chi connectivity index (χ3v) is 2.76. The molecule has 0 spiro atoms. The zero-order valence-corrected chi connectivity index (χ0v) is 10.4. The van der Waals surface area contributed by atoms with E-state index in [1.54, 1.807) is 0 Å². The molecule has 0 aromatic rings. The van der Waals surface area contributed by atoms with Gasteiger partial charge in [0.1, 0.15) is 0 Å². The Morgan fingerprint density at radius 2 is 1.93 bits per heavy atom. The lowest BCUT2D eigenvalue weighted by atomic mass is 10.1. The molecular formula is C11H25N3O. The number of hydrazine groups is 1. The molecule has 0 aromatic carbocycles. The van der Waals surface area contributed by atoms with E-state index in [1.165, 1.54) is 6.42 Å². The van der Waals surface area contributed by atoms with Crippen molar-refractivity contribution in [3.05, 3.63) is 0 Å². The van der Waals surface area contributed by atoms with E-state index < -0.39 is 0 Å². The summed E-state index contributed by atoms with van der Waals surface area (Å²) in [5.41, 5.74) is 2.15. The van der Waals surface area contributed by atoms with Crippen LogP contribution in [0.3, 0.4) is 0 Å². The van der Waals surface area contributed by atoms with E-state index in [0.29, 0.717) is 12.5 Å². The van der Waals surface area contributed by atoms with Crippen LogP contribution < -0.4 is 11.3 Å². The highest BCUT2D eigenvalue weighted by atomic mass is 16.2. The Morgan fingerprint density at radius 3 is 2.40 bits per heavy atom. The molecule has 0 aliphatic heterocycles. The van der Waals surface area contributed by atoms with Crippen LogP contribution >= 0.6 is 0 Å². The van der Waals surface area contributed by atoms with Crippen LogP contribution in [0.5, 0.6) is 0 Å². The summed E-state index contributed by atoms with van der Waals surface area (Å²) in [5, 5.41) is 0. The predicted molar refractivity (Wildman–Crippen MR) is 63.1 cm³/mol. The fourth-order valence-electron chi connectivity index (χ4n) is 1.31. The van der Waals surface area contributed by atoms with Gasteiger partial charge in [-0.1, -0.05) is 13.8 Å². The molecule has 1 atom stereocenters. The minimum absolute atomic E-state index is 0.0842. The molecule has 90 valence electrons. The van der Waals surface area contributed by atoms with Gasteiger partial charge in [-0.05, 0) is 39.3 Å². The molecule has 0 rings (SSSR count). The number of hydrogen-bond acceptors (Lipinski definition) is 3. The first kappa shape index (κ1) is 14.4. The first-order chi connectivity index (χ1) is 6.97. The molecule has 4 nitrogen and oxygen atoms in total. The van der Waals surface area contributed by atoms with Gasteiger partial charge in [0.25, 0.3) is 0 Å². The van der Waals surface area contributed by atoms with Gasteiger partial charge >= 0.3 is 0 Å². The number of nitrogens with one attached hydrogen (secondary N) is 1. The summed E-state index contributed by atoms with van der Waals surface area (Å²) in [7, 11) is 2.10. The SMILES string of the molecule is CC(C)CCN(C)C(C)CCC(=O)NN. The summed E-state index contributed by atoms with van der Waals surface area (Å²) in [6.45, 7) is 7.67. The normalized spacial score (nSPS) is 13.3. The van der Waals surface area contributed by atoms with Gasteiger partial charge in [-0.25, -0.2) is 5.84 Å². The minimum atomic E-state index is -0.0842. The van der Waals surface area contributed by atoms with Gasteiger partial charge in [0, 0.05) is 12.5 Å². The predicted octanol–water partition coefficient (Wildman–Crippen LogP) is 1.12. The smallest absolute Gasteiger partial charge is 0.233 e. The van der Waals surface area contributed by atoms with E-state index in [4.69, 9.17) is 5.84 Å². The molecule has 1 amide bonds. The Kier molecular flexibility index (Phi) is 7.34. The summed E-state index contributed by atoms with van der Waals surface area (Å²) in [5.74, 6) is 5.66. The summed E-state index contributed by atoms with van der Waals surface area (Å²) >= 11 is 0. The lowest BCUT2D eigenvalue weighted by molar-refractivity contribution is -0.121. The summed E-state index contributed by atoms with van der Waals surface area (Å²) < 4.78 is 0. The highest BCUT2D eigenvalue weighted by Gasteiger charge is 2.11. The average Bonchev–Trinajstić information content (AvgIpc) is 2.21. The van der Waals surface area contributed by atoms with Crippen molar-refractivity contribution < 1.29 is 4.79 Å². The van der Waals surface area contributed by atoms with Crippen LogP contribution in [0.25, 0.3) is 0 Å². The second-order valence-electron chi connectivity index (χ2n) is 4.62. The van der Waals surface area contributed by atoms with Gasteiger partial charge in [0.05, 0.1) is 0 Å². The Balaban J connectivity index is 3.68. The summed E-state index contributed by atoms with van der Waals surface area (Å²) in [6, 6.07) is 0.432. The molecule has 0 saturated heterocycles. The maximum Gasteiger partial charge on any atom is 0.233 e. The molecule has 0 bridgehead atoms. The van der Waals surface area contributed by atoms with Crippen molar-refractivity contribution in [2.24, 2.45) is 11.8 Å². The molecule has 0 radical (unpaired) electrons. The maximum atomic E-state index is 11.0. The fourth-order valence-corrected chi connectivity index (χ4v) is 1.31. The van der Waals surface area contributed by atoms with Crippen LogP contribution in [0, 0.1) is 5.92 Å². The molecular weight excluding hydrogens is 190 g/mol. The number of nitrogens with zero attached hydrogens (tertiary/aromatic N) is 1. The van der Waals surface area contributed by atoms with Crippen LogP contribution in [0.4, 0.5) is 0 Å².